The first kappa shape index (κ1) is 7.03. The van der Waals surface area contributed by atoms with Crippen LogP contribution < -0.4 is 11.1 Å². The van der Waals surface area contributed by atoms with Gasteiger partial charge < -0.3 is 11.1 Å². The van der Waals surface area contributed by atoms with E-state index in [4.69, 9.17) is 5.73 Å². The lowest BCUT2D eigenvalue weighted by Gasteiger charge is -2.25. The highest BCUT2D eigenvalue weighted by molar-refractivity contribution is 4.92. The quantitative estimate of drug-likeness (QED) is 0.567. The smallest absolute Gasteiger partial charge is 0.0301 e. The molecular formula is C7H16N2. The normalized spacial score (nSPS) is 35.3. The van der Waals surface area contributed by atoms with Crippen molar-refractivity contribution in [1.29, 1.82) is 0 Å². The van der Waals surface area contributed by atoms with E-state index in [1.165, 1.54) is 19.3 Å². The van der Waals surface area contributed by atoms with E-state index in [1.54, 1.807) is 0 Å². The van der Waals surface area contributed by atoms with Crippen LogP contribution in [0.5, 0.6) is 0 Å². The molecule has 1 atom stereocenters. The predicted molar refractivity (Wildman–Crippen MR) is 39.3 cm³/mol. The van der Waals surface area contributed by atoms with Gasteiger partial charge in [0.15, 0.2) is 0 Å². The molecule has 0 aromatic carbocycles. The van der Waals surface area contributed by atoms with Gasteiger partial charge in [0.05, 0.1) is 0 Å². The molecule has 1 aliphatic heterocycles. The number of nitrogens with one attached hydrogen (secondary N) is 1. The second kappa shape index (κ2) is 2.67. The predicted octanol–water partition coefficient (Wildman–Crippen LogP) is 0.477. The van der Waals surface area contributed by atoms with Gasteiger partial charge in [-0.15, -0.1) is 0 Å². The van der Waals surface area contributed by atoms with Crippen LogP contribution in [0.15, 0.2) is 0 Å². The maximum atomic E-state index is 5.62. The lowest BCUT2D eigenvalue weighted by atomic mass is 9.95. The highest BCUT2D eigenvalue weighted by atomic mass is 15.0. The van der Waals surface area contributed by atoms with Crippen LogP contribution >= 0.6 is 0 Å². The Labute approximate surface area is 56.8 Å². The molecule has 0 radical (unpaired) electrons. The van der Waals surface area contributed by atoms with Gasteiger partial charge in [0.25, 0.3) is 0 Å². The fraction of sp³-hybridized carbons (Fsp3) is 1.00. The number of hydrogen-bond donors (Lipinski definition) is 2. The van der Waals surface area contributed by atoms with Crippen molar-refractivity contribution in [2.24, 2.45) is 5.73 Å². The van der Waals surface area contributed by atoms with Gasteiger partial charge in [0, 0.05) is 12.1 Å². The maximum absolute atomic E-state index is 5.62. The van der Waals surface area contributed by atoms with Gasteiger partial charge in [-0.1, -0.05) is 6.92 Å². The fourth-order valence-corrected chi connectivity index (χ4v) is 1.49. The third-order valence-electron chi connectivity index (χ3n) is 2.40. The van der Waals surface area contributed by atoms with Crippen LogP contribution in [-0.4, -0.2) is 18.6 Å². The summed E-state index contributed by atoms with van der Waals surface area (Å²) in [4.78, 5) is 0. The average Bonchev–Trinajstić information content (AvgIpc) is 2.36. The van der Waals surface area contributed by atoms with E-state index >= 15 is 0 Å². The van der Waals surface area contributed by atoms with E-state index in [0.29, 0.717) is 5.54 Å². The summed E-state index contributed by atoms with van der Waals surface area (Å²) in [5, 5.41) is 3.44. The molecule has 0 bridgehead atoms. The van der Waals surface area contributed by atoms with E-state index in [9.17, 15) is 0 Å². The molecule has 1 saturated heterocycles. The van der Waals surface area contributed by atoms with Crippen molar-refractivity contribution in [3.8, 4) is 0 Å². The Balaban J connectivity index is 2.45. The maximum Gasteiger partial charge on any atom is 0.0301 e. The molecule has 0 spiro atoms. The Kier molecular flexibility index (Phi) is 2.09. The van der Waals surface area contributed by atoms with Crippen LogP contribution in [0.4, 0.5) is 0 Å². The van der Waals surface area contributed by atoms with Crippen LogP contribution in [-0.2, 0) is 0 Å². The Hall–Kier alpha value is -0.0800. The largest absolute Gasteiger partial charge is 0.329 e. The zero-order valence-electron chi connectivity index (χ0n) is 6.11. The second-order valence-electron chi connectivity index (χ2n) is 2.87. The summed E-state index contributed by atoms with van der Waals surface area (Å²) in [5.74, 6) is 0. The molecule has 0 aromatic rings. The Bertz CT molecular complexity index is 78.9. The zero-order valence-corrected chi connectivity index (χ0v) is 6.11. The van der Waals surface area contributed by atoms with E-state index < -0.39 is 0 Å². The third-order valence-corrected chi connectivity index (χ3v) is 2.40. The molecule has 54 valence electrons. The molecule has 0 saturated carbocycles. The number of hydrogen-bond acceptors (Lipinski definition) is 2. The monoisotopic (exact) mass is 128 g/mol. The summed E-state index contributed by atoms with van der Waals surface area (Å²) < 4.78 is 0. The van der Waals surface area contributed by atoms with Crippen LogP contribution in [0.2, 0.25) is 0 Å². The van der Waals surface area contributed by atoms with Crippen molar-refractivity contribution in [2.75, 3.05) is 13.1 Å². The minimum absolute atomic E-state index is 0.306. The molecule has 2 heteroatoms. The van der Waals surface area contributed by atoms with Crippen LogP contribution in [0.1, 0.15) is 26.2 Å². The Morgan fingerprint density at radius 2 is 2.44 bits per heavy atom. The van der Waals surface area contributed by atoms with Crippen LogP contribution in [0, 0.1) is 0 Å². The van der Waals surface area contributed by atoms with E-state index in [0.717, 1.165) is 13.1 Å². The van der Waals surface area contributed by atoms with Crippen LogP contribution in [0.25, 0.3) is 0 Å². The molecular weight excluding hydrogens is 112 g/mol. The molecule has 0 aromatic heterocycles. The first-order chi connectivity index (χ1) is 4.33. The molecule has 0 aliphatic carbocycles. The third kappa shape index (κ3) is 1.25. The van der Waals surface area contributed by atoms with E-state index in [1.807, 2.05) is 0 Å². The topological polar surface area (TPSA) is 38.0 Å². The second-order valence-corrected chi connectivity index (χ2v) is 2.87. The van der Waals surface area contributed by atoms with Gasteiger partial charge in [0.1, 0.15) is 0 Å². The van der Waals surface area contributed by atoms with Crippen molar-refractivity contribution < 1.29 is 0 Å². The minimum Gasteiger partial charge on any atom is -0.329 e. The van der Waals surface area contributed by atoms with Gasteiger partial charge in [-0.05, 0) is 25.8 Å². The first-order valence-electron chi connectivity index (χ1n) is 3.78. The van der Waals surface area contributed by atoms with Crippen molar-refractivity contribution in [1.82, 2.24) is 5.32 Å². The minimum atomic E-state index is 0.306. The van der Waals surface area contributed by atoms with Gasteiger partial charge >= 0.3 is 0 Å². The zero-order chi connectivity index (χ0) is 6.74. The van der Waals surface area contributed by atoms with Gasteiger partial charge in [0.2, 0.25) is 0 Å². The molecule has 0 unspecified atom stereocenters. The SMILES string of the molecule is CC[C@]1(CN)CCCN1. The summed E-state index contributed by atoms with van der Waals surface area (Å²) in [6.07, 6.45) is 3.73. The van der Waals surface area contributed by atoms with Gasteiger partial charge in [-0.25, -0.2) is 0 Å². The van der Waals surface area contributed by atoms with E-state index in [-0.39, 0.29) is 0 Å². The molecule has 1 fully saturated rings. The standard InChI is InChI=1S/C7H16N2/c1-2-7(6-8)4-3-5-9-7/h9H,2-6,8H2,1H3/t7-/m1/s1. The number of rotatable bonds is 2. The summed E-state index contributed by atoms with van der Waals surface area (Å²) in [7, 11) is 0. The number of nitrogens with two attached hydrogens (primary N) is 1. The highest BCUT2D eigenvalue weighted by Crippen LogP contribution is 2.20. The van der Waals surface area contributed by atoms with Crippen molar-refractivity contribution >= 4 is 0 Å². The van der Waals surface area contributed by atoms with Crippen LogP contribution in [0.3, 0.4) is 0 Å². The molecule has 1 aliphatic rings. The lowest BCUT2D eigenvalue weighted by molar-refractivity contribution is 0.373. The van der Waals surface area contributed by atoms with Crippen molar-refractivity contribution in [3.05, 3.63) is 0 Å². The summed E-state index contributed by atoms with van der Waals surface area (Å²) >= 11 is 0. The molecule has 2 nitrogen and oxygen atoms in total. The molecule has 0 amide bonds. The Morgan fingerprint density at radius 1 is 1.67 bits per heavy atom. The first-order valence-corrected chi connectivity index (χ1v) is 3.78. The van der Waals surface area contributed by atoms with Crippen molar-refractivity contribution in [3.63, 3.8) is 0 Å². The summed E-state index contributed by atoms with van der Waals surface area (Å²) in [5.41, 5.74) is 5.92. The molecule has 3 N–H and O–H groups in total. The van der Waals surface area contributed by atoms with Gasteiger partial charge in [-0.3, -0.25) is 0 Å². The Morgan fingerprint density at radius 3 is 2.67 bits per heavy atom. The molecule has 1 rings (SSSR count). The summed E-state index contributed by atoms with van der Waals surface area (Å²) in [6, 6.07) is 0. The highest BCUT2D eigenvalue weighted by Gasteiger charge is 2.29. The van der Waals surface area contributed by atoms with Gasteiger partial charge in [-0.2, -0.15) is 0 Å². The average molecular weight is 128 g/mol. The lowest BCUT2D eigenvalue weighted by Crippen LogP contribution is -2.45. The molecule has 1 heterocycles. The molecule has 9 heavy (non-hydrogen) atoms. The fourth-order valence-electron chi connectivity index (χ4n) is 1.49. The van der Waals surface area contributed by atoms with E-state index in [2.05, 4.69) is 12.2 Å². The summed E-state index contributed by atoms with van der Waals surface area (Å²) in [6.45, 7) is 4.15. The van der Waals surface area contributed by atoms with Crippen molar-refractivity contribution in [2.45, 2.75) is 31.7 Å².